The Hall–Kier alpha value is -2.86. The smallest absolute Gasteiger partial charge is 0.407 e. The molecule has 0 aromatic heterocycles. The van der Waals surface area contributed by atoms with Gasteiger partial charge in [0.05, 0.1) is 6.10 Å². The zero-order chi connectivity index (χ0) is 21.3. The Morgan fingerprint density at radius 1 is 1.07 bits per heavy atom. The fourth-order valence-electron chi connectivity index (χ4n) is 2.77. The van der Waals surface area contributed by atoms with Crippen molar-refractivity contribution >= 4 is 17.7 Å². The molecule has 0 aliphatic rings. The van der Waals surface area contributed by atoms with Crippen molar-refractivity contribution in [3.63, 3.8) is 0 Å². The molecule has 0 fully saturated rings. The molecule has 0 aliphatic heterocycles. The molecule has 1 atom stereocenters. The molecule has 0 radical (unpaired) electrons. The zero-order valence-corrected chi connectivity index (χ0v) is 17.3. The Morgan fingerprint density at radius 3 is 2.48 bits per heavy atom. The van der Waals surface area contributed by atoms with Crippen LogP contribution in [0.2, 0.25) is 0 Å². The summed E-state index contributed by atoms with van der Waals surface area (Å²) in [5.74, 6) is -0.192. The second-order valence-electron chi connectivity index (χ2n) is 7.89. The molecule has 2 amide bonds. The molecule has 0 saturated carbocycles. The molecule has 0 saturated heterocycles. The zero-order valence-electron chi connectivity index (χ0n) is 17.3. The number of hydrogen-bond donors (Lipinski definition) is 3. The fourth-order valence-corrected chi connectivity index (χ4v) is 2.77. The van der Waals surface area contributed by atoms with Crippen LogP contribution >= 0.6 is 0 Å². The van der Waals surface area contributed by atoms with Crippen molar-refractivity contribution in [2.45, 2.75) is 51.7 Å². The summed E-state index contributed by atoms with van der Waals surface area (Å²) in [4.78, 5) is 23.7. The predicted molar refractivity (Wildman–Crippen MR) is 114 cm³/mol. The number of nitrogens with one attached hydrogen (secondary N) is 2. The molecule has 6 nitrogen and oxygen atoms in total. The minimum Gasteiger partial charge on any atom is -0.444 e. The summed E-state index contributed by atoms with van der Waals surface area (Å²) in [6.07, 6.45) is 0.384. The maximum Gasteiger partial charge on any atom is 0.407 e. The van der Waals surface area contributed by atoms with Gasteiger partial charge in [-0.2, -0.15) is 0 Å². The number of rotatable bonds is 8. The van der Waals surface area contributed by atoms with Crippen LogP contribution in [0.5, 0.6) is 0 Å². The molecule has 0 bridgehead atoms. The first-order chi connectivity index (χ1) is 13.7. The summed E-state index contributed by atoms with van der Waals surface area (Å²) in [6, 6.07) is 17.1. The van der Waals surface area contributed by atoms with Gasteiger partial charge in [0.15, 0.2) is 0 Å². The maximum absolute atomic E-state index is 12.1. The number of carbonyl (C=O) groups is 2. The van der Waals surface area contributed by atoms with Crippen molar-refractivity contribution in [2.24, 2.45) is 0 Å². The van der Waals surface area contributed by atoms with Crippen LogP contribution in [0.4, 0.5) is 10.5 Å². The number of aliphatic hydroxyl groups excluding tert-OH is 1. The monoisotopic (exact) mass is 398 g/mol. The van der Waals surface area contributed by atoms with Crippen LogP contribution in [-0.4, -0.2) is 29.3 Å². The van der Waals surface area contributed by atoms with Crippen molar-refractivity contribution in [1.29, 1.82) is 0 Å². The number of aliphatic hydroxyl groups is 1. The molecule has 3 N–H and O–H groups in total. The van der Waals surface area contributed by atoms with E-state index in [9.17, 15) is 14.7 Å². The van der Waals surface area contributed by atoms with Gasteiger partial charge in [0.2, 0.25) is 5.91 Å². The highest BCUT2D eigenvalue weighted by molar-refractivity contribution is 5.91. The van der Waals surface area contributed by atoms with Crippen LogP contribution in [-0.2, 0) is 16.0 Å². The van der Waals surface area contributed by atoms with Crippen LogP contribution < -0.4 is 10.6 Å². The van der Waals surface area contributed by atoms with E-state index < -0.39 is 17.8 Å². The van der Waals surface area contributed by atoms with Gasteiger partial charge >= 0.3 is 6.09 Å². The molecule has 2 aromatic carbocycles. The van der Waals surface area contributed by atoms with Gasteiger partial charge in [0, 0.05) is 18.7 Å². The van der Waals surface area contributed by atoms with Crippen molar-refractivity contribution in [3.8, 4) is 0 Å². The number of carbonyl (C=O) groups excluding carboxylic acids is 2. The summed E-state index contributed by atoms with van der Waals surface area (Å²) >= 11 is 0. The first kappa shape index (κ1) is 22.4. The molecular formula is C23H30N2O4. The third-order valence-corrected chi connectivity index (χ3v) is 4.12. The van der Waals surface area contributed by atoms with Crippen LogP contribution in [0.25, 0.3) is 0 Å². The molecule has 2 aromatic rings. The van der Waals surface area contributed by atoms with E-state index in [1.165, 1.54) is 0 Å². The molecule has 156 valence electrons. The Bertz CT molecular complexity index is 800. The quantitative estimate of drug-likeness (QED) is 0.622. The molecule has 0 heterocycles. The third-order valence-electron chi connectivity index (χ3n) is 4.12. The number of amides is 2. The van der Waals surface area contributed by atoms with Crippen molar-refractivity contribution < 1.29 is 19.4 Å². The van der Waals surface area contributed by atoms with E-state index >= 15 is 0 Å². The fraction of sp³-hybridized carbons (Fsp3) is 0.391. The molecule has 1 unspecified atom stereocenters. The van der Waals surface area contributed by atoms with E-state index in [0.29, 0.717) is 18.5 Å². The van der Waals surface area contributed by atoms with Crippen LogP contribution in [0, 0.1) is 0 Å². The lowest BCUT2D eigenvalue weighted by molar-refractivity contribution is -0.116. The molecule has 0 aliphatic carbocycles. The summed E-state index contributed by atoms with van der Waals surface area (Å²) < 4.78 is 5.13. The van der Waals surface area contributed by atoms with Crippen LogP contribution in [0.3, 0.4) is 0 Å². The van der Waals surface area contributed by atoms with Gasteiger partial charge < -0.3 is 20.5 Å². The van der Waals surface area contributed by atoms with Gasteiger partial charge in [0.25, 0.3) is 0 Å². The predicted octanol–water partition coefficient (Wildman–Crippen LogP) is 4.21. The first-order valence-corrected chi connectivity index (χ1v) is 9.81. The average Bonchev–Trinajstić information content (AvgIpc) is 2.65. The number of ether oxygens (including phenoxy) is 1. The number of alkyl carbamates (subject to hydrolysis) is 1. The van der Waals surface area contributed by atoms with Gasteiger partial charge in [-0.1, -0.05) is 42.5 Å². The number of hydrogen-bond acceptors (Lipinski definition) is 4. The van der Waals surface area contributed by atoms with E-state index in [-0.39, 0.29) is 18.9 Å². The average molecular weight is 399 g/mol. The van der Waals surface area contributed by atoms with E-state index in [4.69, 9.17) is 4.74 Å². The van der Waals surface area contributed by atoms with Gasteiger partial charge in [-0.15, -0.1) is 0 Å². The maximum atomic E-state index is 12.1. The van der Waals surface area contributed by atoms with Crippen molar-refractivity contribution in [2.75, 3.05) is 11.9 Å². The normalized spacial score (nSPS) is 12.1. The number of benzene rings is 2. The van der Waals surface area contributed by atoms with Crippen molar-refractivity contribution in [1.82, 2.24) is 5.32 Å². The van der Waals surface area contributed by atoms with Crippen LogP contribution in [0.1, 0.15) is 50.8 Å². The summed E-state index contributed by atoms with van der Waals surface area (Å²) in [5, 5.41) is 15.7. The Kier molecular flexibility index (Phi) is 8.21. The minimum absolute atomic E-state index is 0.149. The lowest BCUT2D eigenvalue weighted by Crippen LogP contribution is -2.34. The van der Waals surface area contributed by atoms with E-state index in [2.05, 4.69) is 10.6 Å². The van der Waals surface area contributed by atoms with Crippen LogP contribution in [0.15, 0.2) is 54.6 Å². The first-order valence-electron chi connectivity index (χ1n) is 9.81. The summed E-state index contributed by atoms with van der Waals surface area (Å²) in [6.45, 7) is 5.55. The highest BCUT2D eigenvalue weighted by Crippen LogP contribution is 2.20. The van der Waals surface area contributed by atoms with Gasteiger partial charge in [-0.05, 0) is 56.9 Å². The Balaban J connectivity index is 1.77. The lowest BCUT2D eigenvalue weighted by Gasteiger charge is -2.19. The molecular weight excluding hydrogens is 368 g/mol. The summed E-state index contributed by atoms with van der Waals surface area (Å²) in [5.41, 5.74) is 2.05. The Labute approximate surface area is 172 Å². The van der Waals surface area contributed by atoms with Crippen molar-refractivity contribution in [3.05, 3.63) is 65.7 Å². The minimum atomic E-state index is -0.569. The third kappa shape index (κ3) is 8.79. The van der Waals surface area contributed by atoms with Gasteiger partial charge in [0.1, 0.15) is 5.60 Å². The van der Waals surface area contributed by atoms with Gasteiger partial charge in [-0.25, -0.2) is 4.79 Å². The van der Waals surface area contributed by atoms with E-state index in [1.54, 1.807) is 20.8 Å². The highest BCUT2D eigenvalue weighted by Gasteiger charge is 2.16. The van der Waals surface area contributed by atoms with E-state index in [1.807, 2.05) is 54.6 Å². The standard InChI is InChI=1S/C23H30N2O4/c1-23(2,3)29-22(28)24-15-14-21(27)25-19-11-7-8-17(16-19)12-13-20(26)18-9-5-4-6-10-18/h4-11,16,20,26H,12-15H2,1-3H3,(H,24,28)(H,25,27). The lowest BCUT2D eigenvalue weighted by atomic mass is 10.0. The number of aryl methyl sites for hydroxylation is 1. The topological polar surface area (TPSA) is 87.7 Å². The molecule has 29 heavy (non-hydrogen) atoms. The second kappa shape index (κ2) is 10.6. The Morgan fingerprint density at radius 2 is 1.79 bits per heavy atom. The second-order valence-corrected chi connectivity index (χ2v) is 7.89. The highest BCUT2D eigenvalue weighted by atomic mass is 16.6. The molecule has 6 heteroatoms. The van der Waals surface area contributed by atoms with E-state index in [0.717, 1.165) is 11.1 Å². The SMILES string of the molecule is CC(C)(C)OC(=O)NCCC(=O)Nc1cccc(CCC(O)c2ccccc2)c1. The molecule has 2 rings (SSSR count). The largest absolute Gasteiger partial charge is 0.444 e. The molecule has 0 spiro atoms. The summed E-state index contributed by atoms with van der Waals surface area (Å²) in [7, 11) is 0. The van der Waals surface area contributed by atoms with Gasteiger partial charge in [-0.3, -0.25) is 4.79 Å². The number of anilines is 1.